The first kappa shape index (κ1) is 12.1. The Labute approximate surface area is 103 Å². The lowest BCUT2D eigenvalue weighted by molar-refractivity contribution is -0.139. The molecule has 2 rings (SSSR count). The van der Waals surface area contributed by atoms with E-state index in [2.05, 4.69) is 10.3 Å². The van der Waals surface area contributed by atoms with Gasteiger partial charge in [-0.2, -0.15) is 0 Å². The van der Waals surface area contributed by atoms with Gasteiger partial charge in [-0.1, -0.05) is 0 Å². The van der Waals surface area contributed by atoms with Crippen LogP contribution in [-0.4, -0.2) is 28.6 Å². The maximum Gasteiger partial charge on any atom is 0.338 e. The first-order valence-electron chi connectivity index (χ1n) is 5.48. The second-order valence-electron chi connectivity index (χ2n) is 3.67. The molecule has 94 valence electrons. The molecule has 0 fully saturated rings. The van der Waals surface area contributed by atoms with Crippen LogP contribution in [0.4, 0.5) is 5.82 Å². The topological polar surface area (TPSA) is 88.5 Å². The van der Waals surface area contributed by atoms with Gasteiger partial charge in [-0.25, -0.2) is 9.78 Å². The third kappa shape index (κ3) is 2.17. The zero-order valence-electron chi connectivity index (χ0n) is 9.77. The molecule has 0 saturated heterocycles. The van der Waals surface area contributed by atoms with Crippen LogP contribution in [0, 0.1) is 0 Å². The second kappa shape index (κ2) is 4.87. The molecule has 0 atom stereocenters. The van der Waals surface area contributed by atoms with E-state index >= 15 is 0 Å². The number of hydrogen-bond acceptors (Lipinski definition) is 5. The van der Waals surface area contributed by atoms with Gasteiger partial charge in [0.2, 0.25) is 5.91 Å². The Hall–Kier alpha value is -2.37. The number of amides is 1. The number of aliphatic hydroxyl groups excluding tert-OH is 1. The summed E-state index contributed by atoms with van der Waals surface area (Å²) < 4.78 is 4.81. The molecule has 1 aromatic heterocycles. The monoisotopic (exact) mass is 248 g/mol. The molecule has 1 aliphatic heterocycles. The van der Waals surface area contributed by atoms with Gasteiger partial charge < -0.3 is 15.2 Å². The molecule has 18 heavy (non-hydrogen) atoms. The van der Waals surface area contributed by atoms with Crippen molar-refractivity contribution in [3.05, 3.63) is 29.5 Å². The summed E-state index contributed by atoms with van der Waals surface area (Å²) in [6, 6.07) is 3.18. The van der Waals surface area contributed by atoms with Gasteiger partial charge in [0.25, 0.3) is 0 Å². The molecule has 6 heteroatoms. The summed E-state index contributed by atoms with van der Waals surface area (Å²) in [6.07, 6.45) is 1.25. The highest BCUT2D eigenvalue weighted by atomic mass is 16.5. The van der Waals surface area contributed by atoms with E-state index in [1.807, 2.05) is 0 Å². The molecular weight excluding hydrogens is 236 g/mol. The number of aromatic nitrogens is 1. The molecule has 1 amide bonds. The summed E-state index contributed by atoms with van der Waals surface area (Å²) in [5, 5.41) is 12.6. The summed E-state index contributed by atoms with van der Waals surface area (Å²) in [4.78, 5) is 27.2. The maximum absolute atomic E-state index is 11.7. The van der Waals surface area contributed by atoms with Crippen molar-refractivity contribution in [2.45, 2.75) is 13.3 Å². The van der Waals surface area contributed by atoms with E-state index in [0.717, 1.165) is 0 Å². The highest BCUT2D eigenvalue weighted by Crippen LogP contribution is 2.28. The van der Waals surface area contributed by atoms with Crippen molar-refractivity contribution in [3.8, 4) is 0 Å². The molecule has 2 heterocycles. The molecule has 0 radical (unpaired) electrons. The van der Waals surface area contributed by atoms with Crippen LogP contribution in [0.15, 0.2) is 23.9 Å². The van der Waals surface area contributed by atoms with Crippen LogP contribution in [0.25, 0.3) is 5.76 Å². The number of hydrogen-bond donors (Lipinski definition) is 2. The van der Waals surface area contributed by atoms with Gasteiger partial charge in [0.05, 0.1) is 24.2 Å². The van der Waals surface area contributed by atoms with Gasteiger partial charge in [0.15, 0.2) is 0 Å². The largest absolute Gasteiger partial charge is 0.507 e. The van der Waals surface area contributed by atoms with Gasteiger partial charge in [-0.05, 0) is 19.1 Å². The fraction of sp³-hybridized carbons (Fsp3) is 0.250. The van der Waals surface area contributed by atoms with E-state index in [9.17, 15) is 14.7 Å². The van der Waals surface area contributed by atoms with Crippen molar-refractivity contribution in [1.82, 2.24) is 4.98 Å². The van der Waals surface area contributed by atoms with Crippen LogP contribution in [0.2, 0.25) is 0 Å². The van der Waals surface area contributed by atoms with E-state index in [1.165, 1.54) is 6.20 Å². The average molecular weight is 248 g/mol. The SMILES string of the molecule is CCOC(=O)C1=C(O)c2cccnc2NC(=O)C1. The number of pyridine rings is 1. The minimum atomic E-state index is -0.693. The fourth-order valence-electron chi connectivity index (χ4n) is 1.67. The zero-order chi connectivity index (χ0) is 13.1. The number of rotatable bonds is 2. The van der Waals surface area contributed by atoms with Gasteiger partial charge >= 0.3 is 5.97 Å². The Balaban J connectivity index is 2.51. The number of nitrogens with one attached hydrogen (secondary N) is 1. The zero-order valence-corrected chi connectivity index (χ0v) is 9.77. The van der Waals surface area contributed by atoms with Crippen molar-refractivity contribution in [3.63, 3.8) is 0 Å². The second-order valence-corrected chi connectivity index (χ2v) is 3.67. The number of anilines is 1. The highest BCUT2D eigenvalue weighted by Gasteiger charge is 2.26. The smallest absolute Gasteiger partial charge is 0.338 e. The van der Waals surface area contributed by atoms with Crippen LogP contribution in [-0.2, 0) is 14.3 Å². The minimum absolute atomic E-state index is 0.0545. The molecule has 6 nitrogen and oxygen atoms in total. The van der Waals surface area contributed by atoms with Gasteiger partial charge in [0, 0.05) is 6.20 Å². The molecule has 0 aliphatic carbocycles. The quantitative estimate of drug-likeness (QED) is 0.769. The molecule has 1 aliphatic rings. The Kier molecular flexibility index (Phi) is 3.27. The van der Waals surface area contributed by atoms with Crippen molar-refractivity contribution in [2.24, 2.45) is 0 Å². The van der Waals surface area contributed by atoms with Crippen molar-refractivity contribution in [1.29, 1.82) is 0 Å². The minimum Gasteiger partial charge on any atom is -0.507 e. The van der Waals surface area contributed by atoms with Crippen molar-refractivity contribution < 1.29 is 19.4 Å². The van der Waals surface area contributed by atoms with Crippen LogP contribution in [0.5, 0.6) is 0 Å². The molecule has 0 bridgehead atoms. The van der Waals surface area contributed by atoms with E-state index in [4.69, 9.17) is 4.74 Å². The Morgan fingerprint density at radius 2 is 2.39 bits per heavy atom. The lowest BCUT2D eigenvalue weighted by atomic mass is 10.1. The van der Waals surface area contributed by atoms with Crippen molar-refractivity contribution in [2.75, 3.05) is 11.9 Å². The molecule has 0 aromatic carbocycles. The predicted octanol–water partition coefficient (Wildman–Crippen LogP) is 1.26. The third-order valence-electron chi connectivity index (χ3n) is 2.47. The number of carbonyl (C=O) groups is 2. The van der Waals surface area contributed by atoms with Crippen LogP contribution in [0.3, 0.4) is 0 Å². The molecule has 0 unspecified atom stereocenters. The van der Waals surface area contributed by atoms with Crippen LogP contribution < -0.4 is 5.32 Å². The Morgan fingerprint density at radius 1 is 1.61 bits per heavy atom. The normalized spacial score (nSPS) is 14.6. The number of esters is 1. The fourth-order valence-corrected chi connectivity index (χ4v) is 1.67. The highest BCUT2D eigenvalue weighted by molar-refractivity contribution is 6.07. The van der Waals surface area contributed by atoms with E-state index in [0.29, 0.717) is 5.56 Å². The third-order valence-corrected chi connectivity index (χ3v) is 2.47. The summed E-state index contributed by atoms with van der Waals surface area (Å²) in [7, 11) is 0. The average Bonchev–Trinajstić information content (AvgIpc) is 2.47. The molecule has 2 N–H and O–H groups in total. The number of aliphatic hydroxyl groups is 1. The van der Waals surface area contributed by atoms with Gasteiger partial charge in [-0.15, -0.1) is 0 Å². The van der Waals surface area contributed by atoms with Crippen LogP contribution >= 0.6 is 0 Å². The first-order chi connectivity index (χ1) is 8.63. The Bertz CT molecular complexity index is 537. The summed E-state index contributed by atoms with van der Waals surface area (Å²) in [6.45, 7) is 1.83. The lowest BCUT2D eigenvalue weighted by Crippen LogP contribution is -2.16. The number of carbonyl (C=O) groups excluding carboxylic acids is 2. The van der Waals surface area contributed by atoms with Gasteiger partial charge in [0.1, 0.15) is 11.6 Å². The number of fused-ring (bicyclic) bond motifs is 1. The summed E-state index contributed by atoms with van der Waals surface area (Å²) >= 11 is 0. The molecule has 0 spiro atoms. The van der Waals surface area contributed by atoms with Crippen LogP contribution in [0.1, 0.15) is 18.9 Å². The van der Waals surface area contributed by atoms with E-state index < -0.39 is 11.9 Å². The summed E-state index contributed by atoms with van der Waals surface area (Å²) in [5.41, 5.74) is 0.257. The summed E-state index contributed by atoms with van der Waals surface area (Å²) in [5.74, 6) is -1.14. The Morgan fingerprint density at radius 3 is 3.11 bits per heavy atom. The van der Waals surface area contributed by atoms with Gasteiger partial charge in [-0.3, -0.25) is 4.79 Å². The first-order valence-corrected chi connectivity index (χ1v) is 5.48. The molecular formula is C12H12N2O4. The standard InChI is InChI=1S/C12H12N2O4/c1-2-18-12(17)8-6-9(15)14-11-7(10(8)16)4-3-5-13-11/h3-5,16H,2,6H2,1H3,(H,13,14,15). The van der Waals surface area contributed by atoms with Crippen molar-refractivity contribution >= 4 is 23.5 Å². The predicted molar refractivity (Wildman–Crippen MR) is 63.7 cm³/mol. The number of nitrogens with zero attached hydrogens (tertiary/aromatic N) is 1. The van der Waals surface area contributed by atoms with E-state index in [-0.39, 0.29) is 30.2 Å². The van der Waals surface area contributed by atoms with E-state index in [1.54, 1.807) is 19.1 Å². The molecule has 1 aromatic rings. The lowest BCUT2D eigenvalue weighted by Gasteiger charge is -2.06. The maximum atomic E-state index is 11.7. The number of ether oxygens (including phenoxy) is 1. The molecule has 0 saturated carbocycles.